The zero-order chi connectivity index (χ0) is 14.0. The van der Waals surface area contributed by atoms with Crippen molar-refractivity contribution in [2.24, 2.45) is 0 Å². The van der Waals surface area contributed by atoms with E-state index in [0.29, 0.717) is 11.4 Å². The van der Waals surface area contributed by atoms with Crippen molar-refractivity contribution in [2.75, 3.05) is 25.1 Å². The van der Waals surface area contributed by atoms with Gasteiger partial charge in [0, 0.05) is 6.54 Å². The van der Waals surface area contributed by atoms with E-state index < -0.39 is 12.0 Å². The molecular weight excluding hydrogens is 248 g/mol. The molecule has 1 aliphatic rings. The Morgan fingerprint density at radius 1 is 1.53 bits per heavy atom. The highest BCUT2D eigenvalue weighted by atomic mass is 16.5. The lowest BCUT2D eigenvalue weighted by molar-refractivity contribution is -0.140. The fraction of sp³-hybridized carbons (Fsp3) is 0.385. The van der Waals surface area contributed by atoms with Crippen LogP contribution in [-0.4, -0.2) is 43.2 Å². The van der Waals surface area contributed by atoms with E-state index in [-0.39, 0.29) is 19.0 Å². The van der Waals surface area contributed by atoms with Gasteiger partial charge in [-0.2, -0.15) is 0 Å². The van der Waals surface area contributed by atoms with Gasteiger partial charge in [0.05, 0.1) is 19.3 Å². The Morgan fingerprint density at radius 2 is 2.26 bits per heavy atom. The van der Waals surface area contributed by atoms with Gasteiger partial charge in [0.25, 0.3) is 0 Å². The molecule has 0 bridgehead atoms. The first-order valence-electron chi connectivity index (χ1n) is 5.95. The van der Waals surface area contributed by atoms with Gasteiger partial charge in [-0.15, -0.1) is 0 Å². The molecule has 1 unspecified atom stereocenters. The van der Waals surface area contributed by atoms with Crippen molar-refractivity contribution in [3.05, 3.63) is 23.8 Å². The first kappa shape index (κ1) is 13.4. The number of aliphatic carboxylic acids is 1. The number of nitrogens with one attached hydrogen (secondary N) is 1. The summed E-state index contributed by atoms with van der Waals surface area (Å²) in [7, 11) is 1.50. The van der Waals surface area contributed by atoms with Crippen molar-refractivity contribution in [3.8, 4) is 5.75 Å². The topological polar surface area (TPSA) is 78.9 Å². The van der Waals surface area contributed by atoms with Crippen molar-refractivity contribution in [3.63, 3.8) is 0 Å². The maximum Gasteiger partial charge on any atom is 0.328 e. The Bertz CT molecular complexity index is 515. The molecule has 102 valence electrons. The van der Waals surface area contributed by atoms with E-state index in [4.69, 9.17) is 4.74 Å². The molecule has 0 spiro atoms. The highest BCUT2D eigenvalue weighted by Crippen LogP contribution is 2.31. The zero-order valence-corrected chi connectivity index (χ0v) is 10.8. The van der Waals surface area contributed by atoms with E-state index in [1.165, 1.54) is 12.0 Å². The number of amides is 1. The van der Waals surface area contributed by atoms with Crippen LogP contribution in [0.3, 0.4) is 0 Å². The van der Waals surface area contributed by atoms with E-state index in [1.807, 2.05) is 13.0 Å². The lowest BCUT2D eigenvalue weighted by Crippen LogP contribution is -2.58. The summed E-state index contributed by atoms with van der Waals surface area (Å²) in [4.78, 5) is 24.6. The molecule has 1 aliphatic heterocycles. The molecule has 0 radical (unpaired) electrons. The summed E-state index contributed by atoms with van der Waals surface area (Å²) < 4.78 is 5.22. The van der Waals surface area contributed by atoms with Gasteiger partial charge in [0.2, 0.25) is 5.91 Å². The number of hydrogen-bond acceptors (Lipinski definition) is 4. The number of hydrogen-bond donors (Lipinski definition) is 2. The van der Waals surface area contributed by atoms with Crippen molar-refractivity contribution in [2.45, 2.75) is 13.0 Å². The molecule has 19 heavy (non-hydrogen) atoms. The monoisotopic (exact) mass is 264 g/mol. The molecule has 6 nitrogen and oxygen atoms in total. The third-order valence-electron chi connectivity index (χ3n) is 3.07. The number of piperazine rings is 1. The molecule has 0 aromatic heterocycles. The summed E-state index contributed by atoms with van der Waals surface area (Å²) >= 11 is 0. The number of anilines is 1. The standard InChI is InChI=1S/C13H16N2O4/c1-8-3-4-11(19-2)9(5-8)15-10(13(17)18)6-14-7-12(15)16/h3-5,10,14H,6-7H2,1-2H3,(H,17,18). The van der Waals surface area contributed by atoms with Gasteiger partial charge >= 0.3 is 5.97 Å². The summed E-state index contributed by atoms with van der Waals surface area (Å²) in [6, 6.07) is 4.43. The SMILES string of the molecule is COc1ccc(C)cc1N1C(=O)CNCC1C(=O)O. The fourth-order valence-electron chi connectivity index (χ4n) is 2.15. The zero-order valence-electron chi connectivity index (χ0n) is 10.8. The summed E-state index contributed by atoms with van der Waals surface area (Å²) in [5, 5.41) is 12.1. The van der Waals surface area contributed by atoms with Crippen molar-refractivity contribution in [1.29, 1.82) is 0 Å². The van der Waals surface area contributed by atoms with Crippen LogP contribution in [0.15, 0.2) is 18.2 Å². The van der Waals surface area contributed by atoms with E-state index in [1.54, 1.807) is 12.1 Å². The maximum absolute atomic E-state index is 12.0. The average molecular weight is 264 g/mol. The second-order valence-electron chi connectivity index (χ2n) is 4.42. The van der Waals surface area contributed by atoms with Gasteiger partial charge in [-0.25, -0.2) is 4.79 Å². The molecule has 1 aromatic rings. The molecule has 0 saturated carbocycles. The van der Waals surface area contributed by atoms with Crippen LogP contribution in [0.25, 0.3) is 0 Å². The number of aryl methyl sites for hydroxylation is 1. The van der Waals surface area contributed by atoms with Crippen molar-refractivity contribution in [1.82, 2.24) is 5.32 Å². The van der Waals surface area contributed by atoms with E-state index >= 15 is 0 Å². The van der Waals surface area contributed by atoms with Gasteiger partial charge < -0.3 is 15.2 Å². The number of carbonyl (C=O) groups is 2. The molecule has 0 aliphatic carbocycles. The Kier molecular flexibility index (Phi) is 3.71. The van der Waals surface area contributed by atoms with Gasteiger partial charge in [0.15, 0.2) is 0 Å². The molecule has 1 atom stereocenters. The van der Waals surface area contributed by atoms with Crippen LogP contribution in [0.1, 0.15) is 5.56 Å². The number of methoxy groups -OCH3 is 1. The highest BCUT2D eigenvalue weighted by Gasteiger charge is 2.35. The van der Waals surface area contributed by atoms with E-state index in [9.17, 15) is 14.7 Å². The maximum atomic E-state index is 12.0. The Labute approximate surface area is 111 Å². The number of rotatable bonds is 3. The Balaban J connectivity index is 2.49. The number of carboxylic acid groups (broad SMARTS) is 1. The first-order valence-corrected chi connectivity index (χ1v) is 5.95. The van der Waals surface area contributed by atoms with E-state index in [0.717, 1.165) is 5.56 Å². The molecular formula is C13H16N2O4. The molecule has 1 fully saturated rings. The molecule has 1 heterocycles. The minimum Gasteiger partial charge on any atom is -0.495 e. The molecule has 2 rings (SSSR count). The number of carboxylic acids is 1. The first-order chi connectivity index (χ1) is 9.04. The summed E-state index contributed by atoms with van der Waals surface area (Å²) in [5.41, 5.74) is 1.44. The predicted molar refractivity (Wildman–Crippen MR) is 69.5 cm³/mol. The van der Waals surface area contributed by atoms with Crippen molar-refractivity contribution >= 4 is 17.6 Å². The minimum atomic E-state index is -1.04. The lowest BCUT2D eigenvalue weighted by Gasteiger charge is -2.34. The van der Waals surface area contributed by atoms with E-state index in [2.05, 4.69) is 5.32 Å². The predicted octanol–water partition coefficient (Wildman–Crippen LogP) is 0.393. The smallest absolute Gasteiger partial charge is 0.328 e. The lowest BCUT2D eigenvalue weighted by atomic mass is 10.1. The largest absolute Gasteiger partial charge is 0.495 e. The number of benzene rings is 1. The molecule has 2 N–H and O–H groups in total. The fourth-order valence-corrected chi connectivity index (χ4v) is 2.15. The van der Waals surface area contributed by atoms with Gasteiger partial charge in [-0.3, -0.25) is 9.69 Å². The average Bonchev–Trinajstić information content (AvgIpc) is 2.38. The van der Waals surface area contributed by atoms with Crippen molar-refractivity contribution < 1.29 is 19.4 Å². The normalized spacial score (nSPS) is 19.4. The van der Waals surface area contributed by atoms with Crippen LogP contribution in [0.4, 0.5) is 5.69 Å². The molecule has 1 aromatic carbocycles. The third kappa shape index (κ3) is 2.53. The minimum absolute atomic E-state index is 0.126. The quantitative estimate of drug-likeness (QED) is 0.826. The van der Waals surface area contributed by atoms with Crippen LogP contribution < -0.4 is 15.0 Å². The van der Waals surface area contributed by atoms with Crippen LogP contribution >= 0.6 is 0 Å². The molecule has 6 heteroatoms. The van der Waals surface area contributed by atoms with Gasteiger partial charge in [0.1, 0.15) is 11.8 Å². The second-order valence-corrected chi connectivity index (χ2v) is 4.42. The van der Waals surface area contributed by atoms with Crippen LogP contribution in [0, 0.1) is 6.92 Å². The molecule has 1 saturated heterocycles. The number of ether oxygens (including phenoxy) is 1. The van der Waals surface area contributed by atoms with Gasteiger partial charge in [-0.1, -0.05) is 6.07 Å². The summed E-state index contributed by atoms with van der Waals surface area (Å²) in [5.74, 6) is -0.821. The second kappa shape index (κ2) is 5.27. The number of carbonyl (C=O) groups excluding carboxylic acids is 1. The Morgan fingerprint density at radius 3 is 2.89 bits per heavy atom. The highest BCUT2D eigenvalue weighted by molar-refractivity contribution is 6.02. The van der Waals surface area contributed by atoms with Crippen LogP contribution in [0.2, 0.25) is 0 Å². The number of nitrogens with zero attached hydrogens (tertiary/aromatic N) is 1. The third-order valence-corrected chi connectivity index (χ3v) is 3.07. The Hall–Kier alpha value is -2.08. The molecule has 1 amide bonds. The van der Waals surface area contributed by atoms with Crippen LogP contribution in [0.5, 0.6) is 5.75 Å². The van der Waals surface area contributed by atoms with Crippen LogP contribution in [-0.2, 0) is 9.59 Å². The van der Waals surface area contributed by atoms with Gasteiger partial charge in [-0.05, 0) is 24.6 Å². The summed E-state index contributed by atoms with van der Waals surface area (Å²) in [6.07, 6.45) is 0. The summed E-state index contributed by atoms with van der Waals surface area (Å²) in [6.45, 7) is 2.23.